The molecule has 1 aromatic heterocycles. The minimum Gasteiger partial charge on any atom is -0.477 e. The van der Waals surface area contributed by atoms with E-state index in [1.807, 2.05) is 0 Å². The molecule has 11 nitrogen and oxygen atoms in total. The van der Waals surface area contributed by atoms with E-state index in [9.17, 15) is 29.6 Å². The minimum absolute atomic E-state index is 0.0752. The lowest BCUT2D eigenvalue weighted by Gasteiger charge is -2.49. The van der Waals surface area contributed by atoms with Crippen LogP contribution in [0, 0.1) is 10.1 Å². The summed E-state index contributed by atoms with van der Waals surface area (Å²) in [6.45, 7) is 3.55. The Labute approximate surface area is 151 Å². The number of hydrogen-bond acceptors (Lipinski definition) is 7. The smallest absolute Gasteiger partial charge is 0.352 e. The zero-order valence-corrected chi connectivity index (χ0v) is 14.6. The van der Waals surface area contributed by atoms with Crippen LogP contribution in [0.5, 0.6) is 0 Å². The number of rotatable bonds is 5. The number of nitrogens with zero attached hydrogens (tertiary/aromatic N) is 4. The van der Waals surface area contributed by atoms with Crippen molar-refractivity contribution in [3.05, 3.63) is 33.3 Å². The van der Waals surface area contributed by atoms with Gasteiger partial charge in [-0.2, -0.15) is 5.10 Å². The lowest BCUT2D eigenvalue weighted by molar-refractivity contribution is -0.385. The molecule has 2 N–H and O–H groups in total. The number of aromatic nitrogens is 2. The van der Waals surface area contributed by atoms with Crippen molar-refractivity contribution in [3.8, 4) is 0 Å². The number of nitrogens with one attached hydrogen (secondary N) is 1. The average Bonchev–Trinajstić information content (AvgIpc) is 3.03. The Hall–Kier alpha value is -2.89. The van der Waals surface area contributed by atoms with Crippen LogP contribution < -0.4 is 5.32 Å². The van der Waals surface area contributed by atoms with Crippen molar-refractivity contribution >= 4 is 35.2 Å². The highest BCUT2D eigenvalue weighted by Gasteiger charge is 2.54. The number of aryl methyl sites for hydroxylation is 1. The second kappa shape index (κ2) is 6.44. The summed E-state index contributed by atoms with van der Waals surface area (Å²) in [6, 6.07) is -0.949. The summed E-state index contributed by atoms with van der Waals surface area (Å²) in [6.07, 6.45) is 0.983. The topological polar surface area (TPSA) is 148 Å². The molecule has 1 saturated heterocycles. The van der Waals surface area contributed by atoms with E-state index in [1.165, 1.54) is 16.4 Å². The normalized spacial score (nSPS) is 21.9. The van der Waals surface area contributed by atoms with Gasteiger partial charge in [0.2, 0.25) is 5.69 Å². The third-order valence-electron chi connectivity index (χ3n) is 4.18. The van der Waals surface area contributed by atoms with E-state index >= 15 is 0 Å². The number of aliphatic carboxylic acids is 1. The van der Waals surface area contributed by atoms with E-state index < -0.39 is 39.8 Å². The first kappa shape index (κ1) is 17.9. The molecule has 0 aliphatic carbocycles. The highest BCUT2D eigenvalue weighted by atomic mass is 32.2. The van der Waals surface area contributed by atoms with Gasteiger partial charge in [0.05, 0.1) is 4.92 Å². The molecule has 3 rings (SSSR count). The van der Waals surface area contributed by atoms with Crippen molar-refractivity contribution in [1.82, 2.24) is 20.0 Å². The molecule has 1 aromatic rings. The second-order valence-corrected chi connectivity index (χ2v) is 6.85. The van der Waals surface area contributed by atoms with Gasteiger partial charge in [0.15, 0.2) is 0 Å². The maximum absolute atomic E-state index is 12.5. The predicted octanol–water partition coefficient (Wildman–Crippen LogP) is 0.183. The molecule has 12 heteroatoms. The summed E-state index contributed by atoms with van der Waals surface area (Å²) in [5.74, 6) is -2.14. The van der Waals surface area contributed by atoms with E-state index in [0.717, 1.165) is 11.1 Å². The molecule has 0 radical (unpaired) electrons. The fourth-order valence-corrected chi connectivity index (χ4v) is 4.26. The van der Waals surface area contributed by atoms with Gasteiger partial charge in [-0.1, -0.05) is 0 Å². The number of amides is 2. The number of hydrogen-bond donors (Lipinski definition) is 2. The van der Waals surface area contributed by atoms with Crippen LogP contribution in [-0.4, -0.2) is 59.7 Å². The van der Waals surface area contributed by atoms with Gasteiger partial charge in [-0.3, -0.25) is 29.3 Å². The van der Waals surface area contributed by atoms with Crippen molar-refractivity contribution < 1.29 is 24.4 Å². The summed E-state index contributed by atoms with van der Waals surface area (Å²) in [5, 5.41) is 26.1. The van der Waals surface area contributed by atoms with Crippen molar-refractivity contribution in [3.63, 3.8) is 0 Å². The zero-order chi connectivity index (χ0) is 19.2. The number of thioether (sulfide) groups is 1. The molecule has 1 fully saturated rings. The van der Waals surface area contributed by atoms with Crippen LogP contribution in [0.2, 0.25) is 0 Å². The SMILES string of the molecule is CCn1ncc([N+](=O)[O-])c1C(=O)N[C@H]1C(=O)N2C(C(=O)O)=C(C)CS[C@@H]12. The van der Waals surface area contributed by atoms with E-state index in [1.54, 1.807) is 13.8 Å². The van der Waals surface area contributed by atoms with Crippen LogP contribution in [0.1, 0.15) is 24.3 Å². The first-order chi connectivity index (χ1) is 12.3. The first-order valence-corrected chi connectivity index (χ1v) is 8.71. The zero-order valence-electron chi connectivity index (χ0n) is 13.8. The Morgan fingerprint density at radius 1 is 1.54 bits per heavy atom. The van der Waals surface area contributed by atoms with Crippen molar-refractivity contribution in [1.29, 1.82) is 0 Å². The number of nitro groups is 1. The summed E-state index contributed by atoms with van der Waals surface area (Å²) >= 11 is 1.33. The van der Waals surface area contributed by atoms with E-state index in [-0.39, 0.29) is 17.9 Å². The van der Waals surface area contributed by atoms with Gasteiger partial charge in [-0.25, -0.2) is 4.79 Å². The standard InChI is InChI=1S/C14H15N5O6S/c1-3-17-10(7(4-15-17)19(24)25)11(20)16-8-12(21)18-9(14(22)23)6(2)5-26-13(8)18/h4,8,13H,3,5H2,1-2H3,(H,16,20)(H,22,23)/t8-,13-/m0/s1. The van der Waals surface area contributed by atoms with Crippen LogP contribution in [-0.2, 0) is 16.1 Å². The van der Waals surface area contributed by atoms with E-state index in [4.69, 9.17) is 0 Å². The molecule has 3 heterocycles. The molecule has 0 unspecified atom stereocenters. The Balaban J connectivity index is 1.83. The first-order valence-electron chi connectivity index (χ1n) is 7.66. The quantitative estimate of drug-likeness (QED) is 0.417. The molecule has 0 aromatic carbocycles. The van der Waals surface area contributed by atoms with Gasteiger partial charge in [-0.05, 0) is 19.4 Å². The summed E-state index contributed by atoms with van der Waals surface area (Å²) in [5.41, 5.74) is -0.202. The second-order valence-electron chi connectivity index (χ2n) is 5.75. The van der Waals surface area contributed by atoms with Gasteiger partial charge in [0.25, 0.3) is 11.8 Å². The largest absolute Gasteiger partial charge is 0.477 e. The molecule has 2 aliphatic rings. The Bertz CT molecular complexity index is 862. The average molecular weight is 381 g/mol. The van der Waals surface area contributed by atoms with Gasteiger partial charge in [-0.15, -0.1) is 11.8 Å². The van der Waals surface area contributed by atoms with E-state index in [0.29, 0.717) is 11.3 Å². The maximum Gasteiger partial charge on any atom is 0.352 e. The van der Waals surface area contributed by atoms with Gasteiger partial charge in [0, 0.05) is 12.3 Å². The molecule has 0 saturated carbocycles. The lowest BCUT2D eigenvalue weighted by atomic mass is 10.0. The molecular formula is C14H15N5O6S. The lowest BCUT2D eigenvalue weighted by Crippen LogP contribution is -2.70. The Morgan fingerprint density at radius 2 is 2.23 bits per heavy atom. The highest BCUT2D eigenvalue weighted by molar-refractivity contribution is 8.00. The molecule has 0 bridgehead atoms. The van der Waals surface area contributed by atoms with Crippen LogP contribution in [0.4, 0.5) is 5.69 Å². The van der Waals surface area contributed by atoms with Gasteiger partial charge >= 0.3 is 11.7 Å². The molecule has 138 valence electrons. The predicted molar refractivity (Wildman–Crippen MR) is 89.2 cm³/mol. The van der Waals surface area contributed by atoms with Gasteiger partial charge < -0.3 is 10.4 Å². The molecule has 2 atom stereocenters. The number of β-lactam (4-membered cyclic amide) rings is 1. The molecular weight excluding hydrogens is 366 g/mol. The number of carboxylic acids is 1. The monoisotopic (exact) mass is 381 g/mol. The molecule has 2 amide bonds. The highest BCUT2D eigenvalue weighted by Crippen LogP contribution is 2.40. The summed E-state index contributed by atoms with van der Waals surface area (Å²) < 4.78 is 1.18. The number of fused-ring (bicyclic) bond motifs is 1. The molecule has 26 heavy (non-hydrogen) atoms. The fourth-order valence-electron chi connectivity index (χ4n) is 2.97. The third-order valence-corrected chi connectivity index (χ3v) is 5.60. The summed E-state index contributed by atoms with van der Waals surface area (Å²) in [7, 11) is 0. The summed E-state index contributed by atoms with van der Waals surface area (Å²) in [4.78, 5) is 47.8. The van der Waals surface area contributed by atoms with Crippen molar-refractivity contribution in [2.24, 2.45) is 0 Å². The maximum atomic E-state index is 12.5. The van der Waals surface area contributed by atoms with Crippen LogP contribution >= 0.6 is 11.8 Å². The minimum atomic E-state index is -1.20. The van der Waals surface area contributed by atoms with Gasteiger partial charge in [0.1, 0.15) is 23.3 Å². The van der Waals surface area contributed by atoms with Crippen LogP contribution in [0.25, 0.3) is 0 Å². The number of carbonyl (C=O) groups excluding carboxylic acids is 2. The van der Waals surface area contributed by atoms with Crippen molar-refractivity contribution in [2.75, 3.05) is 5.75 Å². The number of carboxylic acid groups (broad SMARTS) is 1. The fraction of sp³-hybridized carbons (Fsp3) is 0.429. The Morgan fingerprint density at radius 3 is 2.81 bits per heavy atom. The van der Waals surface area contributed by atoms with Crippen LogP contribution in [0.15, 0.2) is 17.5 Å². The van der Waals surface area contributed by atoms with Crippen LogP contribution in [0.3, 0.4) is 0 Å². The van der Waals surface area contributed by atoms with E-state index in [2.05, 4.69) is 10.4 Å². The molecule has 2 aliphatic heterocycles. The van der Waals surface area contributed by atoms with Crippen molar-refractivity contribution in [2.45, 2.75) is 31.8 Å². The number of carbonyl (C=O) groups is 3. The molecule has 0 spiro atoms. The Kier molecular flexibility index (Phi) is 4.44. The third kappa shape index (κ3) is 2.62.